The molecular weight excluding hydrogens is 1120 g/mol. The van der Waals surface area contributed by atoms with Crippen LogP contribution in [0.3, 0.4) is 0 Å². The molecule has 4 unspecified atom stereocenters. The average molecular weight is 1220 g/mol. The minimum atomic E-state index is 0.401. The van der Waals surface area contributed by atoms with E-state index in [2.05, 4.69) is 265 Å². The van der Waals surface area contributed by atoms with Gasteiger partial charge in [-0.25, -0.2) is 0 Å². The van der Waals surface area contributed by atoms with Crippen molar-refractivity contribution in [2.24, 2.45) is 41.4 Å². The van der Waals surface area contributed by atoms with Gasteiger partial charge in [0, 0.05) is 17.8 Å². The number of hydrogen-bond donors (Lipinski definition) is 0. The standard InChI is InChI=1S/C33H40.C30H26.C30H36/c1-3-24(2)28-18-16-26(17-19-28)22-25-12-14-27(15-13-25)23-30-20-21-32(29-8-5-4-6-9-29)33-11-7-10-31(30)33;1-2-6-22(5-1)24-13-11-21(12-14-24)19-26-17-18-29(30-10-4-9-28(26)30)27-16-15-23-7-3-8-25(23)20-27;1-3-9-23(10-4-2)21-24-15-17-25(18-16-24)22-27-19-20-29(26-11-6-5-7-12-26)30-14-8-13-28(27)30/h5,7-15,20-21,24,26,28,33H,3-4,6,16-19,22-23H2,1-2H3;1-2,4-5,9-18,20,30H,3,6-8,19H2;6,8,11-20,23,30H,3-5,7,9-10,21-22H2,1-2H3. The third-order valence-corrected chi connectivity index (χ3v) is 22.4. The van der Waals surface area contributed by atoms with Gasteiger partial charge in [0.15, 0.2) is 0 Å². The maximum atomic E-state index is 2.45. The second-order valence-electron chi connectivity index (χ2n) is 28.7. The van der Waals surface area contributed by atoms with Crippen LogP contribution < -0.4 is 0 Å². The third-order valence-electron chi connectivity index (χ3n) is 22.4. The SMILES string of the molecule is C1=CCC(c2ccc(CC3=CC=C(c4ccc5c(c4)CCC5)C4C=CC=C34)cc2)=C1.CCC(C)C1CCC(Cc2ccc(CC3=CC=C(C4=CCCC=C4)C4C=CC=C34)cc2)CC1.CCCC(CCC)Cc1ccc(CC2=CC=C(C3=CCCC=C3)C3C=CC=C23)cc1. The molecular formula is C93H102. The Hall–Kier alpha value is -7.80. The zero-order valence-corrected chi connectivity index (χ0v) is 56.6. The van der Waals surface area contributed by atoms with E-state index in [0.717, 1.165) is 49.4 Å². The summed E-state index contributed by atoms with van der Waals surface area (Å²) in [6, 6.07) is 35.3. The molecule has 0 heteroatoms. The van der Waals surface area contributed by atoms with Crippen molar-refractivity contribution in [1.82, 2.24) is 0 Å². The summed E-state index contributed by atoms with van der Waals surface area (Å²) < 4.78 is 0. The van der Waals surface area contributed by atoms with E-state index < -0.39 is 0 Å². The van der Waals surface area contributed by atoms with E-state index in [-0.39, 0.29) is 0 Å². The van der Waals surface area contributed by atoms with Crippen LogP contribution in [0.25, 0.3) is 11.1 Å². The van der Waals surface area contributed by atoms with E-state index in [1.54, 1.807) is 11.1 Å². The fourth-order valence-electron chi connectivity index (χ4n) is 16.9. The maximum absolute atomic E-state index is 2.45. The topological polar surface area (TPSA) is 0 Å². The molecule has 11 aliphatic rings. The predicted octanol–water partition coefficient (Wildman–Crippen LogP) is 24.3. The molecule has 15 rings (SSSR count). The lowest BCUT2D eigenvalue weighted by Gasteiger charge is -2.32. The molecule has 93 heavy (non-hydrogen) atoms. The number of rotatable bonds is 20. The first kappa shape index (κ1) is 63.9. The van der Waals surface area contributed by atoms with Gasteiger partial charge >= 0.3 is 0 Å². The Morgan fingerprint density at radius 2 is 0.925 bits per heavy atom. The highest BCUT2D eigenvalue weighted by atomic mass is 14.3. The molecule has 4 aromatic carbocycles. The van der Waals surface area contributed by atoms with Crippen molar-refractivity contribution < 1.29 is 0 Å². The van der Waals surface area contributed by atoms with Crippen molar-refractivity contribution in [3.8, 4) is 0 Å². The molecule has 0 heterocycles. The minimum Gasteiger partial charge on any atom is -0.0836 e. The average Bonchev–Trinajstić information content (AvgIpc) is 1.78. The van der Waals surface area contributed by atoms with Crippen LogP contribution in [-0.4, -0.2) is 0 Å². The molecule has 0 spiro atoms. The number of allylic oxidation sites excluding steroid dienone is 36. The van der Waals surface area contributed by atoms with Crippen LogP contribution in [0.15, 0.2) is 293 Å². The maximum Gasteiger partial charge on any atom is 0.0281 e. The molecule has 0 nitrogen and oxygen atoms in total. The van der Waals surface area contributed by atoms with Crippen molar-refractivity contribution in [2.75, 3.05) is 0 Å². The van der Waals surface area contributed by atoms with Gasteiger partial charge in [0.25, 0.3) is 0 Å². The Balaban J connectivity index is 0.000000127. The zero-order valence-electron chi connectivity index (χ0n) is 56.6. The Bertz CT molecular complexity index is 3920. The smallest absolute Gasteiger partial charge is 0.0281 e. The molecule has 1 fully saturated rings. The number of fused-ring (bicyclic) bond motifs is 4. The van der Waals surface area contributed by atoms with Crippen LogP contribution in [0.5, 0.6) is 0 Å². The predicted molar refractivity (Wildman–Crippen MR) is 400 cm³/mol. The summed E-state index contributed by atoms with van der Waals surface area (Å²) in [5, 5.41) is 0. The highest BCUT2D eigenvalue weighted by Gasteiger charge is 2.31. The lowest BCUT2D eigenvalue weighted by atomic mass is 9.74. The van der Waals surface area contributed by atoms with E-state index in [0.29, 0.717) is 17.8 Å². The summed E-state index contributed by atoms with van der Waals surface area (Å²) in [6.45, 7) is 9.42. The normalized spacial score (nSPS) is 23.0. The molecule has 474 valence electrons. The largest absolute Gasteiger partial charge is 0.0836 e. The van der Waals surface area contributed by atoms with Gasteiger partial charge in [0.1, 0.15) is 0 Å². The Morgan fingerprint density at radius 1 is 0.430 bits per heavy atom. The van der Waals surface area contributed by atoms with Crippen LogP contribution in [0.1, 0.15) is 174 Å². The van der Waals surface area contributed by atoms with Crippen LogP contribution in [-0.2, 0) is 44.9 Å². The fourth-order valence-corrected chi connectivity index (χ4v) is 16.9. The summed E-state index contributed by atoms with van der Waals surface area (Å²) in [5.41, 5.74) is 30.6. The van der Waals surface area contributed by atoms with E-state index in [1.807, 2.05) is 0 Å². The van der Waals surface area contributed by atoms with Crippen molar-refractivity contribution >= 4 is 11.1 Å². The molecule has 0 bridgehead atoms. The van der Waals surface area contributed by atoms with Crippen molar-refractivity contribution in [1.29, 1.82) is 0 Å². The number of benzene rings is 4. The fraction of sp³-hybridized carbons (Fsp3) is 0.355. The lowest BCUT2D eigenvalue weighted by molar-refractivity contribution is 0.210. The summed E-state index contributed by atoms with van der Waals surface area (Å²) in [5.74, 6) is 4.88. The molecule has 11 aliphatic carbocycles. The molecule has 0 saturated heterocycles. The summed E-state index contributed by atoms with van der Waals surface area (Å²) in [7, 11) is 0. The van der Waals surface area contributed by atoms with E-state index in [4.69, 9.17) is 0 Å². The van der Waals surface area contributed by atoms with E-state index >= 15 is 0 Å². The molecule has 0 aliphatic heterocycles. The van der Waals surface area contributed by atoms with Gasteiger partial charge in [-0.1, -0.05) is 297 Å². The Kier molecular flexibility index (Phi) is 21.3. The molecule has 4 atom stereocenters. The van der Waals surface area contributed by atoms with Crippen molar-refractivity contribution in [2.45, 2.75) is 169 Å². The van der Waals surface area contributed by atoms with Crippen LogP contribution >= 0.6 is 0 Å². The van der Waals surface area contributed by atoms with Gasteiger partial charge in [-0.15, -0.1) is 0 Å². The van der Waals surface area contributed by atoms with Gasteiger partial charge < -0.3 is 0 Å². The molecule has 0 amide bonds. The van der Waals surface area contributed by atoms with Gasteiger partial charge in [0.05, 0.1) is 0 Å². The summed E-state index contributed by atoms with van der Waals surface area (Å²) >= 11 is 0. The van der Waals surface area contributed by atoms with Crippen LogP contribution in [0.2, 0.25) is 0 Å². The first-order chi connectivity index (χ1) is 45.8. The zero-order chi connectivity index (χ0) is 63.3. The molecule has 0 aromatic heterocycles. The first-order valence-electron chi connectivity index (χ1n) is 36.7. The van der Waals surface area contributed by atoms with Crippen molar-refractivity contribution in [3.05, 3.63) is 343 Å². The summed E-state index contributed by atoms with van der Waals surface area (Å²) in [6.07, 6.45) is 83.1. The van der Waals surface area contributed by atoms with Crippen molar-refractivity contribution in [3.63, 3.8) is 0 Å². The monoisotopic (exact) mass is 1220 g/mol. The molecule has 0 radical (unpaired) electrons. The second-order valence-corrected chi connectivity index (χ2v) is 28.7. The lowest BCUT2D eigenvalue weighted by Crippen LogP contribution is -2.21. The van der Waals surface area contributed by atoms with Gasteiger partial charge in [-0.05, 0) is 250 Å². The highest BCUT2D eigenvalue weighted by Crippen LogP contribution is 2.45. The molecule has 0 N–H and O–H groups in total. The minimum absolute atomic E-state index is 0.401. The molecule has 4 aromatic rings. The summed E-state index contributed by atoms with van der Waals surface area (Å²) in [4.78, 5) is 0. The van der Waals surface area contributed by atoms with E-state index in [1.165, 1.54) is 221 Å². The first-order valence-corrected chi connectivity index (χ1v) is 36.7. The third kappa shape index (κ3) is 15.6. The number of hydrogen-bond acceptors (Lipinski definition) is 0. The van der Waals surface area contributed by atoms with Crippen LogP contribution in [0, 0.1) is 41.4 Å². The van der Waals surface area contributed by atoms with Crippen LogP contribution in [0.4, 0.5) is 0 Å². The second kappa shape index (κ2) is 31.0. The van der Waals surface area contributed by atoms with Gasteiger partial charge in [-0.3, -0.25) is 0 Å². The van der Waals surface area contributed by atoms with Gasteiger partial charge in [-0.2, -0.15) is 0 Å². The Labute approximate surface area is 560 Å². The number of aryl methyl sites for hydroxylation is 2. The van der Waals surface area contributed by atoms with Gasteiger partial charge in [0.2, 0.25) is 0 Å². The Morgan fingerprint density at radius 3 is 1.43 bits per heavy atom. The van der Waals surface area contributed by atoms with E-state index in [9.17, 15) is 0 Å². The quantitative estimate of drug-likeness (QED) is 0.0827. The molecule has 1 saturated carbocycles. The highest BCUT2D eigenvalue weighted by molar-refractivity contribution is 5.79.